The van der Waals surface area contributed by atoms with Crippen LogP contribution in [0.15, 0.2) is 60.7 Å². The molecule has 3 nitrogen and oxygen atoms in total. The molecule has 1 aliphatic heterocycles. The Labute approximate surface area is 155 Å². The van der Waals surface area contributed by atoms with Gasteiger partial charge in [0.05, 0.1) is 22.8 Å². The van der Waals surface area contributed by atoms with E-state index in [1.165, 1.54) is 12.1 Å². The van der Waals surface area contributed by atoms with Crippen molar-refractivity contribution < 1.29 is 13.2 Å². The Balaban J connectivity index is 1.81. The zero-order valence-corrected chi connectivity index (χ0v) is 14.7. The number of aromatic nitrogens is 1. The Bertz CT molecular complexity index is 933. The van der Waals surface area contributed by atoms with Crippen molar-refractivity contribution in [1.82, 2.24) is 15.2 Å². The lowest BCUT2D eigenvalue weighted by Gasteiger charge is -2.35. The molecule has 2 heterocycles. The molecule has 1 N–H and O–H groups in total. The Morgan fingerprint density at radius 2 is 1.70 bits per heavy atom. The van der Waals surface area contributed by atoms with E-state index in [0.29, 0.717) is 5.56 Å². The summed E-state index contributed by atoms with van der Waals surface area (Å²) in [7, 11) is 0. The maximum absolute atomic E-state index is 13.2. The van der Waals surface area contributed by atoms with Crippen LogP contribution in [0, 0.1) is 0 Å². The number of nitrogens with one attached hydrogen (secondary N) is 1. The highest BCUT2D eigenvalue weighted by Crippen LogP contribution is 2.34. The van der Waals surface area contributed by atoms with Gasteiger partial charge in [-0.25, -0.2) is 0 Å². The number of hydrogen-bond acceptors (Lipinski definition) is 3. The highest BCUT2D eigenvalue weighted by molar-refractivity contribution is 5.78. The average molecular weight is 371 g/mol. The molecule has 27 heavy (non-hydrogen) atoms. The lowest BCUT2D eigenvalue weighted by atomic mass is 9.97. The van der Waals surface area contributed by atoms with Crippen LogP contribution in [0.3, 0.4) is 0 Å². The summed E-state index contributed by atoms with van der Waals surface area (Å²) >= 11 is 0. The molecule has 1 atom stereocenters. The fourth-order valence-electron chi connectivity index (χ4n) is 3.63. The fourth-order valence-corrected chi connectivity index (χ4v) is 3.63. The van der Waals surface area contributed by atoms with E-state index in [-0.39, 0.29) is 6.04 Å². The highest BCUT2D eigenvalue weighted by atomic mass is 19.4. The number of para-hydroxylation sites is 1. The molecule has 1 saturated heterocycles. The Morgan fingerprint density at radius 3 is 2.48 bits per heavy atom. The maximum Gasteiger partial charge on any atom is 0.416 e. The molecule has 1 fully saturated rings. The van der Waals surface area contributed by atoms with Crippen LogP contribution in [0.25, 0.3) is 10.9 Å². The maximum atomic E-state index is 13.2. The summed E-state index contributed by atoms with van der Waals surface area (Å²) in [5.74, 6) is 0. The number of benzene rings is 2. The van der Waals surface area contributed by atoms with Gasteiger partial charge in [0.15, 0.2) is 0 Å². The van der Waals surface area contributed by atoms with E-state index in [0.717, 1.165) is 48.8 Å². The standard InChI is InChI=1S/C21H20F3N3/c22-21(23,24)17-6-3-5-16(14-17)20(27-12-10-25-11-13-27)19-9-8-15-4-1-2-7-18(15)26-19/h1-9,14,20,25H,10-13H2. The van der Waals surface area contributed by atoms with Gasteiger partial charge in [-0.1, -0.05) is 36.4 Å². The third kappa shape index (κ3) is 3.82. The summed E-state index contributed by atoms with van der Waals surface area (Å²) in [5.41, 5.74) is 1.62. The van der Waals surface area contributed by atoms with Crippen LogP contribution in [-0.4, -0.2) is 36.1 Å². The normalized spacial score (nSPS) is 17.1. The van der Waals surface area contributed by atoms with Crippen molar-refractivity contribution in [2.45, 2.75) is 12.2 Å². The van der Waals surface area contributed by atoms with Crippen molar-refractivity contribution in [3.05, 3.63) is 77.5 Å². The molecule has 0 aliphatic carbocycles. The monoisotopic (exact) mass is 371 g/mol. The van der Waals surface area contributed by atoms with Gasteiger partial charge in [0.2, 0.25) is 0 Å². The van der Waals surface area contributed by atoms with Crippen molar-refractivity contribution in [3.63, 3.8) is 0 Å². The minimum absolute atomic E-state index is 0.306. The van der Waals surface area contributed by atoms with E-state index in [1.54, 1.807) is 6.07 Å². The lowest BCUT2D eigenvalue weighted by Crippen LogP contribution is -2.45. The van der Waals surface area contributed by atoms with Crippen LogP contribution in [0.2, 0.25) is 0 Å². The summed E-state index contributed by atoms with van der Waals surface area (Å²) in [6.45, 7) is 3.14. The minimum atomic E-state index is -4.36. The fraction of sp³-hybridized carbons (Fsp3) is 0.286. The number of rotatable bonds is 3. The number of halogens is 3. The zero-order chi connectivity index (χ0) is 18.9. The zero-order valence-electron chi connectivity index (χ0n) is 14.7. The van der Waals surface area contributed by atoms with Gasteiger partial charge >= 0.3 is 6.18 Å². The molecule has 1 aromatic heterocycles. The van der Waals surface area contributed by atoms with Gasteiger partial charge in [0, 0.05) is 31.6 Å². The van der Waals surface area contributed by atoms with E-state index >= 15 is 0 Å². The highest BCUT2D eigenvalue weighted by Gasteiger charge is 2.32. The predicted octanol–water partition coefficient (Wildman–Crippen LogP) is 4.25. The largest absolute Gasteiger partial charge is 0.416 e. The van der Waals surface area contributed by atoms with Gasteiger partial charge in [-0.05, 0) is 29.8 Å². The summed E-state index contributed by atoms with van der Waals surface area (Å²) in [6.07, 6.45) is -4.36. The van der Waals surface area contributed by atoms with E-state index in [1.807, 2.05) is 36.4 Å². The first-order valence-electron chi connectivity index (χ1n) is 9.00. The van der Waals surface area contributed by atoms with Crippen molar-refractivity contribution in [2.75, 3.05) is 26.2 Å². The van der Waals surface area contributed by atoms with Crippen LogP contribution >= 0.6 is 0 Å². The first kappa shape index (κ1) is 17.9. The minimum Gasteiger partial charge on any atom is -0.314 e. The quantitative estimate of drug-likeness (QED) is 0.746. The molecule has 0 bridgehead atoms. The number of fused-ring (bicyclic) bond motifs is 1. The van der Waals surface area contributed by atoms with Gasteiger partial charge in [0.25, 0.3) is 0 Å². The van der Waals surface area contributed by atoms with Gasteiger partial charge < -0.3 is 5.32 Å². The Hall–Kier alpha value is -2.44. The third-order valence-corrected chi connectivity index (χ3v) is 4.95. The summed E-state index contributed by atoms with van der Waals surface area (Å²) in [5, 5.41) is 4.31. The second-order valence-corrected chi connectivity index (χ2v) is 6.74. The number of pyridine rings is 1. The average Bonchev–Trinajstić information content (AvgIpc) is 2.69. The number of alkyl halides is 3. The van der Waals surface area contributed by atoms with Crippen molar-refractivity contribution in [3.8, 4) is 0 Å². The molecule has 1 aliphatic rings. The molecular formula is C21H20F3N3. The molecule has 1 unspecified atom stereocenters. The summed E-state index contributed by atoms with van der Waals surface area (Å²) < 4.78 is 39.7. The molecule has 3 aromatic rings. The van der Waals surface area contributed by atoms with E-state index < -0.39 is 11.7 Å². The first-order chi connectivity index (χ1) is 13.0. The first-order valence-corrected chi connectivity index (χ1v) is 9.00. The van der Waals surface area contributed by atoms with Gasteiger partial charge in [0.1, 0.15) is 0 Å². The van der Waals surface area contributed by atoms with Crippen molar-refractivity contribution in [1.29, 1.82) is 0 Å². The molecule has 0 saturated carbocycles. The number of hydrogen-bond donors (Lipinski definition) is 1. The van der Waals surface area contributed by atoms with Crippen LogP contribution in [0.5, 0.6) is 0 Å². The van der Waals surface area contributed by atoms with Crippen LogP contribution in [0.4, 0.5) is 13.2 Å². The van der Waals surface area contributed by atoms with E-state index in [2.05, 4.69) is 10.2 Å². The van der Waals surface area contributed by atoms with Crippen LogP contribution in [0.1, 0.15) is 22.9 Å². The second kappa shape index (κ2) is 7.29. The molecular weight excluding hydrogens is 351 g/mol. The predicted molar refractivity (Wildman–Crippen MR) is 99.5 cm³/mol. The molecule has 4 rings (SSSR count). The van der Waals surface area contributed by atoms with Gasteiger partial charge in [-0.15, -0.1) is 0 Å². The topological polar surface area (TPSA) is 28.2 Å². The van der Waals surface area contributed by atoms with E-state index in [9.17, 15) is 13.2 Å². The van der Waals surface area contributed by atoms with E-state index in [4.69, 9.17) is 4.98 Å². The Morgan fingerprint density at radius 1 is 0.926 bits per heavy atom. The molecule has 6 heteroatoms. The number of nitrogens with zero attached hydrogens (tertiary/aromatic N) is 2. The molecule has 0 spiro atoms. The SMILES string of the molecule is FC(F)(F)c1cccc(C(c2ccc3ccccc3n2)N2CCNCC2)c1. The van der Waals surface area contributed by atoms with Crippen molar-refractivity contribution in [2.24, 2.45) is 0 Å². The third-order valence-electron chi connectivity index (χ3n) is 4.95. The smallest absolute Gasteiger partial charge is 0.314 e. The summed E-state index contributed by atoms with van der Waals surface area (Å²) in [4.78, 5) is 6.97. The van der Waals surface area contributed by atoms with Gasteiger partial charge in [-0.3, -0.25) is 9.88 Å². The lowest BCUT2D eigenvalue weighted by molar-refractivity contribution is -0.137. The summed E-state index contributed by atoms with van der Waals surface area (Å²) in [6, 6.07) is 17.0. The van der Waals surface area contributed by atoms with Crippen LogP contribution < -0.4 is 5.32 Å². The number of piperazine rings is 1. The Kier molecular flexibility index (Phi) is 4.85. The molecule has 0 amide bonds. The molecule has 0 radical (unpaired) electrons. The van der Waals surface area contributed by atoms with Crippen molar-refractivity contribution >= 4 is 10.9 Å². The second-order valence-electron chi connectivity index (χ2n) is 6.74. The van der Waals surface area contributed by atoms with Gasteiger partial charge in [-0.2, -0.15) is 13.2 Å². The molecule has 140 valence electrons. The van der Waals surface area contributed by atoms with Crippen LogP contribution in [-0.2, 0) is 6.18 Å². The molecule has 2 aromatic carbocycles.